The normalized spacial score (nSPS) is 27.0. The number of nitrogens with two attached hydrogens (primary N) is 1. The molecule has 0 bridgehead atoms. The van der Waals surface area contributed by atoms with Crippen LogP contribution in [0, 0.1) is 19.8 Å². The average molecular weight is 274 g/mol. The Balaban J connectivity index is 2.15. The van der Waals surface area contributed by atoms with Crippen molar-refractivity contribution in [1.29, 1.82) is 0 Å². The summed E-state index contributed by atoms with van der Waals surface area (Å²) in [4.78, 5) is 2.52. The Hall–Kier alpha value is -0.860. The summed E-state index contributed by atoms with van der Waals surface area (Å²) in [5, 5.41) is 0. The van der Waals surface area contributed by atoms with Crippen LogP contribution in [0.1, 0.15) is 49.3 Å². The second-order valence-corrected chi connectivity index (χ2v) is 6.84. The van der Waals surface area contributed by atoms with Crippen molar-refractivity contribution in [2.75, 3.05) is 13.6 Å². The van der Waals surface area contributed by atoms with Crippen LogP contribution in [0.15, 0.2) is 18.2 Å². The lowest BCUT2D eigenvalue weighted by Crippen LogP contribution is -2.53. The Morgan fingerprint density at radius 1 is 1.20 bits per heavy atom. The standard InChI is InChI=1S/C18H30N2/c1-14-8-10-18(13-19,11-9-14)20(4)12-17-15(2)6-5-7-16(17)3/h5-7,14H,8-13,19H2,1-4H3. The molecule has 0 atom stereocenters. The van der Waals surface area contributed by atoms with Gasteiger partial charge in [0.05, 0.1) is 0 Å². The van der Waals surface area contributed by atoms with E-state index >= 15 is 0 Å². The molecule has 0 unspecified atom stereocenters. The minimum atomic E-state index is 0.210. The van der Waals surface area contributed by atoms with E-state index in [9.17, 15) is 0 Å². The van der Waals surface area contributed by atoms with Gasteiger partial charge >= 0.3 is 0 Å². The molecule has 1 aromatic rings. The molecule has 0 amide bonds. The summed E-state index contributed by atoms with van der Waals surface area (Å²) < 4.78 is 0. The molecule has 0 aromatic heterocycles. The van der Waals surface area contributed by atoms with Crippen LogP contribution in [0.4, 0.5) is 0 Å². The molecule has 0 radical (unpaired) electrons. The van der Waals surface area contributed by atoms with Crippen molar-refractivity contribution in [3.8, 4) is 0 Å². The van der Waals surface area contributed by atoms with E-state index in [0.717, 1.165) is 19.0 Å². The van der Waals surface area contributed by atoms with Crippen molar-refractivity contribution in [2.24, 2.45) is 11.7 Å². The highest BCUT2D eigenvalue weighted by Gasteiger charge is 2.36. The van der Waals surface area contributed by atoms with Gasteiger partial charge in [0.25, 0.3) is 0 Å². The lowest BCUT2D eigenvalue weighted by atomic mass is 9.76. The van der Waals surface area contributed by atoms with Crippen molar-refractivity contribution in [2.45, 2.75) is 58.5 Å². The number of hydrogen-bond acceptors (Lipinski definition) is 2. The van der Waals surface area contributed by atoms with E-state index in [1.54, 1.807) is 0 Å². The highest BCUT2D eigenvalue weighted by atomic mass is 15.2. The molecule has 0 heterocycles. The Morgan fingerprint density at radius 3 is 2.25 bits per heavy atom. The van der Waals surface area contributed by atoms with Crippen molar-refractivity contribution in [3.63, 3.8) is 0 Å². The lowest BCUT2D eigenvalue weighted by molar-refractivity contribution is 0.0613. The zero-order valence-corrected chi connectivity index (χ0v) is 13.6. The highest BCUT2D eigenvalue weighted by Crippen LogP contribution is 2.36. The topological polar surface area (TPSA) is 29.3 Å². The van der Waals surface area contributed by atoms with Crippen LogP contribution in [-0.2, 0) is 6.54 Å². The second-order valence-electron chi connectivity index (χ2n) is 6.84. The third-order valence-electron chi connectivity index (χ3n) is 5.43. The fourth-order valence-electron chi connectivity index (χ4n) is 3.54. The Kier molecular flexibility index (Phi) is 4.87. The number of likely N-dealkylation sites (N-methyl/N-ethyl adjacent to an activating group) is 1. The second kappa shape index (κ2) is 6.28. The largest absolute Gasteiger partial charge is 0.329 e. The molecule has 1 aliphatic rings. The summed E-state index contributed by atoms with van der Waals surface area (Å²) in [6, 6.07) is 6.58. The molecule has 2 heteroatoms. The van der Waals surface area contributed by atoms with E-state index in [4.69, 9.17) is 5.73 Å². The molecule has 2 nitrogen and oxygen atoms in total. The molecule has 1 saturated carbocycles. The van der Waals surface area contributed by atoms with Gasteiger partial charge in [-0.3, -0.25) is 4.90 Å². The molecule has 0 aliphatic heterocycles. The summed E-state index contributed by atoms with van der Waals surface area (Å²) in [5.41, 5.74) is 10.6. The van der Waals surface area contributed by atoms with Crippen LogP contribution < -0.4 is 5.73 Å². The maximum absolute atomic E-state index is 6.17. The Morgan fingerprint density at radius 2 is 1.75 bits per heavy atom. The maximum Gasteiger partial charge on any atom is 0.0332 e. The van der Waals surface area contributed by atoms with Crippen molar-refractivity contribution >= 4 is 0 Å². The summed E-state index contributed by atoms with van der Waals surface area (Å²) in [6.07, 6.45) is 5.11. The predicted molar refractivity (Wildman–Crippen MR) is 86.8 cm³/mol. The maximum atomic E-state index is 6.17. The minimum absolute atomic E-state index is 0.210. The van der Waals surface area contributed by atoms with E-state index in [1.807, 2.05) is 0 Å². The van der Waals surface area contributed by atoms with Crippen LogP contribution in [0.5, 0.6) is 0 Å². The van der Waals surface area contributed by atoms with Gasteiger partial charge in [-0.05, 0) is 69.2 Å². The first-order chi connectivity index (χ1) is 9.48. The van der Waals surface area contributed by atoms with Crippen molar-refractivity contribution in [1.82, 2.24) is 4.90 Å². The molecule has 112 valence electrons. The van der Waals surface area contributed by atoms with Gasteiger partial charge in [-0.2, -0.15) is 0 Å². The van der Waals surface area contributed by atoms with E-state index in [0.29, 0.717) is 0 Å². The first-order valence-electron chi connectivity index (χ1n) is 7.95. The Labute approximate surface area is 124 Å². The number of nitrogens with zero attached hydrogens (tertiary/aromatic N) is 1. The molecule has 2 rings (SSSR count). The van der Waals surface area contributed by atoms with Gasteiger partial charge in [0.1, 0.15) is 0 Å². The molecule has 20 heavy (non-hydrogen) atoms. The van der Waals surface area contributed by atoms with Gasteiger partial charge in [-0.25, -0.2) is 0 Å². The first-order valence-corrected chi connectivity index (χ1v) is 7.95. The fraction of sp³-hybridized carbons (Fsp3) is 0.667. The molecular weight excluding hydrogens is 244 g/mol. The van der Waals surface area contributed by atoms with E-state index < -0.39 is 0 Å². The number of hydrogen-bond donors (Lipinski definition) is 1. The molecule has 0 spiro atoms. The van der Waals surface area contributed by atoms with Crippen LogP contribution in [0.3, 0.4) is 0 Å². The van der Waals surface area contributed by atoms with Crippen LogP contribution in [-0.4, -0.2) is 24.0 Å². The number of benzene rings is 1. The molecule has 1 aliphatic carbocycles. The summed E-state index contributed by atoms with van der Waals surface area (Å²) in [5.74, 6) is 0.864. The van der Waals surface area contributed by atoms with E-state index in [-0.39, 0.29) is 5.54 Å². The van der Waals surface area contributed by atoms with Gasteiger partial charge in [0.15, 0.2) is 0 Å². The smallest absolute Gasteiger partial charge is 0.0332 e. The fourth-order valence-corrected chi connectivity index (χ4v) is 3.54. The quantitative estimate of drug-likeness (QED) is 0.908. The van der Waals surface area contributed by atoms with Gasteiger partial charge < -0.3 is 5.73 Å². The summed E-state index contributed by atoms with van der Waals surface area (Å²) >= 11 is 0. The zero-order valence-electron chi connectivity index (χ0n) is 13.6. The Bertz CT molecular complexity index is 424. The van der Waals surface area contributed by atoms with E-state index in [2.05, 4.69) is 50.9 Å². The predicted octanol–water partition coefficient (Wildman–Crippen LogP) is 3.64. The number of aryl methyl sites for hydroxylation is 2. The lowest BCUT2D eigenvalue weighted by Gasteiger charge is -2.46. The van der Waals surface area contributed by atoms with Gasteiger partial charge in [0, 0.05) is 18.6 Å². The van der Waals surface area contributed by atoms with E-state index in [1.165, 1.54) is 42.4 Å². The molecular formula is C18H30N2. The zero-order chi connectivity index (χ0) is 14.8. The average Bonchev–Trinajstić information content (AvgIpc) is 2.44. The monoisotopic (exact) mass is 274 g/mol. The summed E-state index contributed by atoms with van der Waals surface area (Å²) in [6.45, 7) is 8.60. The summed E-state index contributed by atoms with van der Waals surface area (Å²) in [7, 11) is 2.26. The van der Waals surface area contributed by atoms with Gasteiger partial charge in [-0.1, -0.05) is 25.1 Å². The number of rotatable bonds is 4. The van der Waals surface area contributed by atoms with Gasteiger partial charge in [0.2, 0.25) is 0 Å². The van der Waals surface area contributed by atoms with Gasteiger partial charge in [-0.15, -0.1) is 0 Å². The van der Waals surface area contributed by atoms with Crippen LogP contribution in [0.2, 0.25) is 0 Å². The molecule has 0 saturated heterocycles. The molecule has 1 aromatic carbocycles. The first kappa shape index (κ1) is 15.5. The van der Waals surface area contributed by atoms with Crippen LogP contribution >= 0.6 is 0 Å². The minimum Gasteiger partial charge on any atom is -0.329 e. The third kappa shape index (κ3) is 3.07. The SMILES string of the molecule is Cc1cccc(C)c1CN(C)C1(CN)CCC(C)CC1. The van der Waals surface area contributed by atoms with Crippen LogP contribution in [0.25, 0.3) is 0 Å². The molecule has 1 fully saturated rings. The highest BCUT2D eigenvalue weighted by molar-refractivity contribution is 5.33. The van der Waals surface area contributed by atoms with Crippen molar-refractivity contribution in [3.05, 3.63) is 34.9 Å². The molecule has 2 N–H and O–H groups in total. The van der Waals surface area contributed by atoms with Crippen molar-refractivity contribution < 1.29 is 0 Å². The third-order valence-corrected chi connectivity index (χ3v) is 5.43.